The van der Waals surface area contributed by atoms with Crippen molar-refractivity contribution in [1.29, 1.82) is 0 Å². The Balaban J connectivity index is 0.00000280. The minimum Gasteiger partial charge on any atom is -0.369 e. The van der Waals surface area contributed by atoms with Gasteiger partial charge < -0.3 is 20.4 Å². The quantitative estimate of drug-likeness (QED) is 0.617. The number of halogens is 4. The van der Waals surface area contributed by atoms with Crippen LogP contribution in [0.15, 0.2) is 18.2 Å². The molecule has 2 aliphatic heterocycles. The Bertz CT molecular complexity index is 639. The van der Waals surface area contributed by atoms with Gasteiger partial charge in [-0.1, -0.05) is 6.92 Å². The number of nitrogens with one attached hydrogen (secondary N) is 2. The molecule has 0 spiro atoms. The van der Waals surface area contributed by atoms with Crippen LogP contribution in [0.3, 0.4) is 0 Å². The zero-order valence-electron chi connectivity index (χ0n) is 17.9. The number of carbonyl (C=O) groups is 1. The molecule has 2 heterocycles. The Morgan fingerprint density at radius 1 is 1.23 bits per heavy atom. The largest absolute Gasteiger partial charge is 0.369 e. The summed E-state index contributed by atoms with van der Waals surface area (Å²) in [5, 5.41) is 6.42. The van der Waals surface area contributed by atoms with Gasteiger partial charge in [-0.3, -0.25) is 4.79 Å². The lowest BCUT2D eigenvalue weighted by molar-refractivity contribution is -0.122. The molecule has 2 aliphatic rings. The third-order valence-electron chi connectivity index (χ3n) is 5.94. The van der Waals surface area contributed by atoms with E-state index < -0.39 is 0 Å². The fraction of sp³-hybridized carbons (Fsp3) is 0.667. The highest BCUT2D eigenvalue weighted by atomic mass is 35.5. The van der Waals surface area contributed by atoms with Crippen molar-refractivity contribution in [1.82, 2.24) is 15.5 Å². The van der Waals surface area contributed by atoms with Crippen LogP contribution in [-0.2, 0) is 4.79 Å². The molecular formula is C21H36Cl3FN4O. The molecule has 0 aliphatic carbocycles. The maximum Gasteiger partial charge on any atom is 0.220 e. The van der Waals surface area contributed by atoms with Gasteiger partial charge >= 0.3 is 0 Å². The summed E-state index contributed by atoms with van der Waals surface area (Å²) in [6, 6.07) is 4.76. The van der Waals surface area contributed by atoms with Crippen LogP contribution in [0.2, 0.25) is 0 Å². The van der Waals surface area contributed by atoms with Gasteiger partial charge in [0.25, 0.3) is 0 Å². The smallest absolute Gasteiger partial charge is 0.220 e. The highest BCUT2D eigenvalue weighted by Crippen LogP contribution is 2.28. The number of amides is 1. The van der Waals surface area contributed by atoms with E-state index in [1.54, 1.807) is 6.07 Å². The van der Waals surface area contributed by atoms with Crippen molar-refractivity contribution in [2.45, 2.75) is 39.2 Å². The summed E-state index contributed by atoms with van der Waals surface area (Å²) in [5.41, 5.74) is 1.91. The predicted octanol–water partition coefficient (Wildman–Crippen LogP) is 3.80. The van der Waals surface area contributed by atoms with Crippen molar-refractivity contribution < 1.29 is 9.18 Å². The average molecular weight is 486 g/mol. The zero-order valence-corrected chi connectivity index (χ0v) is 20.3. The van der Waals surface area contributed by atoms with E-state index in [0.29, 0.717) is 12.3 Å². The lowest BCUT2D eigenvalue weighted by atomic mass is 10.0. The lowest BCUT2D eigenvalue weighted by Gasteiger charge is -2.37. The maximum absolute atomic E-state index is 13.9. The molecular weight excluding hydrogens is 450 g/mol. The SMILES string of the molecule is CCN1CCN(c2ccc(F)cc2C(C)NC(=O)CCC2CCNC2)CC1.Cl.Cl.Cl. The van der Waals surface area contributed by atoms with Crippen LogP contribution in [0.5, 0.6) is 0 Å². The summed E-state index contributed by atoms with van der Waals surface area (Å²) in [6.07, 6.45) is 2.61. The van der Waals surface area contributed by atoms with Gasteiger partial charge in [0.05, 0.1) is 6.04 Å². The standard InChI is InChI=1S/C21H33FN4O.3ClH/c1-3-25-10-12-26(13-11-25)20-6-5-18(22)14-19(20)16(2)24-21(27)7-4-17-8-9-23-15-17;;;/h5-6,14,16-17,23H,3-4,7-13,15H2,1-2H3,(H,24,27);3*1H. The van der Waals surface area contributed by atoms with E-state index in [0.717, 1.165) is 69.9 Å². The molecule has 1 aromatic rings. The summed E-state index contributed by atoms with van der Waals surface area (Å²) in [7, 11) is 0. The van der Waals surface area contributed by atoms with Crippen molar-refractivity contribution in [3.05, 3.63) is 29.6 Å². The molecule has 2 unspecified atom stereocenters. The average Bonchev–Trinajstić information content (AvgIpc) is 3.20. The molecule has 30 heavy (non-hydrogen) atoms. The van der Waals surface area contributed by atoms with Gasteiger partial charge in [-0.25, -0.2) is 4.39 Å². The molecule has 0 bridgehead atoms. The molecule has 0 aromatic heterocycles. The molecule has 5 nitrogen and oxygen atoms in total. The number of hydrogen-bond acceptors (Lipinski definition) is 4. The van der Waals surface area contributed by atoms with Crippen LogP contribution < -0.4 is 15.5 Å². The lowest BCUT2D eigenvalue weighted by Crippen LogP contribution is -2.46. The Morgan fingerprint density at radius 2 is 1.93 bits per heavy atom. The first-order chi connectivity index (χ1) is 13.1. The molecule has 2 fully saturated rings. The first kappa shape index (κ1) is 29.2. The number of piperazine rings is 1. The predicted molar refractivity (Wildman–Crippen MR) is 129 cm³/mol. The first-order valence-corrected chi connectivity index (χ1v) is 10.3. The van der Waals surface area contributed by atoms with E-state index >= 15 is 0 Å². The molecule has 9 heteroatoms. The number of nitrogens with zero attached hydrogens (tertiary/aromatic N) is 2. The molecule has 1 amide bonds. The fourth-order valence-corrected chi connectivity index (χ4v) is 4.15. The van der Waals surface area contributed by atoms with E-state index in [4.69, 9.17) is 0 Å². The Kier molecular flexibility index (Phi) is 13.9. The molecule has 174 valence electrons. The van der Waals surface area contributed by atoms with Crippen LogP contribution >= 0.6 is 37.2 Å². The third kappa shape index (κ3) is 8.04. The van der Waals surface area contributed by atoms with Crippen LogP contribution in [0, 0.1) is 11.7 Å². The summed E-state index contributed by atoms with van der Waals surface area (Å²) in [6.45, 7) is 11.2. The van der Waals surface area contributed by atoms with Crippen molar-refractivity contribution in [2.75, 3.05) is 50.7 Å². The van der Waals surface area contributed by atoms with E-state index in [9.17, 15) is 9.18 Å². The first-order valence-electron chi connectivity index (χ1n) is 10.3. The Labute approximate surface area is 198 Å². The number of rotatable bonds is 7. The van der Waals surface area contributed by atoms with E-state index in [2.05, 4.69) is 27.4 Å². The highest BCUT2D eigenvalue weighted by molar-refractivity contribution is 5.86. The number of benzene rings is 1. The molecule has 0 saturated carbocycles. The van der Waals surface area contributed by atoms with Gasteiger partial charge in [-0.15, -0.1) is 37.2 Å². The van der Waals surface area contributed by atoms with Gasteiger partial charge in [0.1, 0.15) is 5.82 Å². The normalized spacial score (nSPS) is 19.8. The van der Waals surface area contributed by atoms with Crippen LogP contribution in [0.4, 0.5) is 10.1 Å². The molecule has 2 saturated heterocycles. The fourth-order valence-electron chi connectivity index (χ4n) is 4.15. The summed E-state index contributed by atoms with van der Waals surface area (Å²) in [5.74, 6) is 0.408. The Hall–Kier alpha value is -0.790. The van der Waals surface area contributed by atoms with Gasteiger partial charge in [0.2, 0.25) is 5.91 Å². The topological polar surface area (TPSA) is 47.6 Å². The van der Waals surface area contributed by atoms with Crippen LogP contribution in [0.25, 0.3) is 0 Å². The summed E-state index contributed by atoms with van der Waals surface area (Å²) in [4.78, 5) is 17.1. The van der Waals surface area contributed by atoms with Gasteiger partial charge in [0, 0.05) is 43.9 Å². The van der Waals surface area contributed by atoms with Crippen molar-refractivity contribution in [2.24, 2.45) is 5.92 Å². The third-order valence-corrected chi connectivity index (χ3v) is 5.94. The molecule has 3 rings (SSSR count). The van der Waals surface area contributed by atoms with Gasteiger partial charge in [-0.05, 0) is 63.5 Å². The monoisotopic (exact) mass is 484 g/mol. The van der Waals surface area contributed by atoms with Crippen LogP contribution in [-0.4, -0.2) is 56.6 Å². The summed E-state index contributed by atoms with van der Waals surface area (Å²) < 4.78 is 13.9. The van der Waals surface area contributed by atoms with Crippen molar-refractivity contribution in [3.8, 4) is 0 Å². The minimum absolute atomic E-state index is 0. The molecule has 2 atom stereocenters. The van der Waals surface area contributed by atoms with E-state index in [-0.39, 0.29) is 55.0 Å². The van der Waals surface area contributed by atoms with Crippen LogP contribution in [0.1, 0.15) is 44.7 Å². The number of likely N-dealkylation sites (N-methyl/N-ethyl adjacent to an activating group) is 1. The Morgan fingerprint density at radius 3 is 2.53 bits per heavy atom. The molecule has 0 radical (unpaired) electrons. The zero-order chi connectivity index (χ0) is 19.2. The summed E-state index contributed by atoms with van der Waals surface area (Å²) >= 11 is 0. The number of hydrogen-bond donors (Lipinski definition) is 2. The second kappa shape index (κ2) is 14.3. The van der Waals surface area contributed by atoms with Crippen molar-refractivity contribution in [3.63, 3.8) is 0 Å². The van der Waals surface area contributed by atoms with Crippen molar-refractivity contribution >= 4 is 48.8 Å². The van der Waals surface area contributed by atoms with Gasteiger partial charge in [-0.2, -0.15) is 0 Å². The molecule has 1 aromatic carbocycles. The number of carbonyl (C=O) groups excluding carboxylic acids is 1. The molecule has 2 N–H and O–H groups in total. The van der Waals surface area contributed by atoms with E-state index in [1.807, 2.05) is 13.0 Å². The highest BCUT2D eigenvalue weighted by Gasteiger charge is 2.22. The van der Waals surface area contributed by atoms with E-state index in [1.165, 1.54) is 6.07 Å². The second-order valence-corrected chi connectivity index (χ2v) is 7.81. The number of anilines is 1. The minimum atomic E-state index is -0.251. The maximum atomic E-state index is 13.9. The van der Waals surface area contributed by atoms with Gasteiger partial charge in [0.15, 0.2) is 0 Å². The second-order valence-electron chi connectivity index (χ2n) is 7.81.